The molecule has 0 saturated carbocycles. The van der Waals surface area contributed by atoms with Crippen molar-refractivity contribution in [2.75, 3.05) is 11.9 Å². The van der Waals surface area contributed by atoms with Crippen molar-refractivity contribution < 1.29 is 19.2 Å². The molecule has 0 radical (unpaired) electrons. The molecule has 2 aromatic heterocycles. The van der Waals surface area contributed by atoms with E-state index in [0.29, 0.717) is 10.4 Å². The normalized spacial score (nSPS) is 10.9. The van der Waals surface area contributed by atoms with Crippen LogP contribution in [0.5, 0.6) is 0 Å². The third-order valence-corrected chi connectivity index (χ3v) is 6.35. The molecule has 0 atom stereocenters. The molecule has 2 heterocycles. The SMILES string of the molecule is Cc1ccc([N+](=O)[O-])c(NC(=O)COC(=O)c2cc3c(C)nn(-c4ccccc4)c3s2)c1C. The zero-order valence-corrected chi connectivity index (χ0v) is 18.9. The van der Waals surface area contributed by atoms with E-state index in [1.807, 2.05) is 37.3 Å². The van der Waals surface area contributed by atoms with Gasteiger partial charge in [0.2, 0.25) is 0 Å². The first-order valence-electron chi connectivity index (χ1n) is 10.0. The van der Waals surface area contributed by atoms with E-state index in [-0.39, 0.29) is 11.4 Å². The Labute approximate surface area is 192 Å². The van der Waals surface area contributed by atoms with E-state index in [2.05, 4.69) is 10.4 Å². The van der Waals surface area contributed by atoms with Crippen molar-refractivity contribution in [1.29, 1.82) is 0 Å². The van der Waals surface area contributed by atoms with Crippen molar-refractivity contribution in [3.05, 3.63) is 80.3 Å². The number of aryl methyl sites for hydroxylation is 2. The van der Waals surface area contributed by atoms with E-state index in [0.717, 1.165) is 27.2 Å². The lowest BCUT2D eigenvalue weighted by atomic mass is 10.1. The van der Waals surface area contributed by atoms with E-state index in [4.69, 9.17) is 4.74 Å². The van der Waals surface area contributed by atoms with Gasteiger partial charge in [0.1, 0.15) is 15.4 Å². The van der Waals surface area contributed by atoms with Gasteiger partial charge in [-0.1, -0.05) is 24.3 Å². The number of anilines is 1. The maximum absolute atomic E-state index is 12.6. The lowest BCUT2D eigenvalue weighted by Crippen LogP contribution is -2.21. The minimum atomic E-state index is -0.659. The first kappa shape index (κ1) is 22.2. The smallest absolute Gasteiger partial charge is 0.348 e. The van der Waals surface area contributed by atoms with Crippen LogP contribution in [0.25, 0.3) is 15.9 Å². The summed E-state index contributed by atoms with van der Waals surface area (Å²) in [6.07, 6.45) is 0. The Balaban J connectivity index is 1.49. The Morgan fingerprint density at radius 1 is 1.15 bits per heavy atom. The largest absolute Gasteiger partial charge is 0.451 e. The Hall–Kier alpha value is -4.05. The molecular weight excluding hydrogens is 444 g/mol. The number of ether oxygens (including phenoxy) is 1. The van der Waals surface area contributed by atoms with Crippen LogP contribution in [0.2, 0.25) is 0 Å². The highest BCUT2D eigenvalue weighted by atomic mass is 32.1. The number of aromatic nitrogens is 2. The first-order valence-corrected chi connectivity index (χ1v) is 10.8. The predicted octanol–water partition coefficient (Wildman–Crippen LogP) is 4.72. The highest BCUT2D eigenvalue weighted by Crippen LogP contribution is 2.32. The van der Waals surface area contributed by atoms with Gasteiger partial charge in [0, 0.05) is 11.5 Å². The van der Waals surface area contributed by atoms with Gasteiger partial charge < -0.3 is 10.1 Å². The minimum Gasteiger partial charge on any atom is -0.451 e. The van der Waals surface area contributed by atoms with Crippen molar-refractivity contribution in [1.82, 2.24) is 9.78 Å². The number of nitrogens with one attached hydrogen (secondary N) is 1. The van der Waals surface area contributed by atoms with Crippen molar-refractivity contribution >= 4 is 44.8 Å². The number of hydrogen-bond acceptors (Lipinski definition) is 7. The number of para-hydroxylation sites is 1. The van der Waals surface area contributed by atoms with Gasteiger partial charge in [-0.25, -0.2) is 9.48 Å². The first-order chi connectivity index (χ1) is 15.8. The molecule has 4 aromatic rings. The Kier molecular flexibility index (Phi) is 5.93. The number of carbonyl (C=O) groups is 2. The van der Waals surface area contributed by atoms with Crippen LogP contribution in [-0.2, 0) is 9.53 Å². The molecule has 0 aliphatic rings. The molecule has 0 bridgehead atoms. The van der Waals surface area contributed by atoms with Crippen molar-refractivity contribution in [2.24, 2.45) is 0 Å². The molecule has 0 saturated heterocycles. The second-order valence-electron chi connectivity index (χ2n) is 7.45. The molecule has 33 heavy (non-hydrogen) atoms. The van der Waals surface area contributed by atoms with Crippen LogP contribution in [-0.4, -0.2) is 33.2 Å². The summed E-state index contributed by atoms with van der Waals surface area (Å²) in [5, 5.41) is 19.2. The number of carbonyl (C=O) groups excluding carboxylic acids is 2. The van der Waals surface area contributed by atoms with Gasteiger partial charge in [0.05, 0.1) is 16.3 Å². The topological polar surface area (TPSA) is 116 Å². The zero-order valence-electron chi connectivity index (χ0n) is 18.1. The van der Waals surface area contributed by atoms with E-state index in [1.54, 1.807) is 30.7 Å². The number of esters is 1. The Morgan fingerprint density at radius 2 is 1.88 bits per heavy atom. The lowest BCUT2D eigenvalue weighted by Gasteiger charge is -2.11. The highest BCUT2D eigenvalue weighted by Gasteiger charge is 2.22. The fourth-order valence-corrected chi connectivity index (χ4v) is 4.46. The van der Waals surface area contributed by atoms with Gasteiger partial charge in [-0.3, -0.25) is 14.9 Å². The van der Waals surface area contributed by atoms with Gasteiger partial charge in [-0.15, -0.1) is 11.3 Å². The van der Waals surface area contributed by atoms with Gasteiger partial charge in [0.15, 0.2) is 6.61 Å². The average molecular weight is 465 g/mol. The van der Waals surface area contributed by atoms with Crippen LogP contribution in [0, 0.1) is 30.9 Å². The maximum atomic E-state index is 12.6. The third-order valence-electron chi connectivity index (χ3n) is 5.26. The van der Waals surface area contributed by atoms with E-state index < -0.39 is 23.4 Å². The van der Waals surface area contributed by atoms with Crippen LogP contribution in [0.3, 0.4) is 0 Å². The van der Waals surface area contributed by atoms with Crippen LogP contribution >= 0.6 is 11.3 Å². The Morgan fingerprint density at radius 3 is 2.58 bits per heavy atom. The maximum Gasteiger partial charge on any atom is 0.348 e. The number of amides is 1. The molecule has 9 nitrogen and oxygen atoms in total. The fourth-order valence-electron chi connectivity index (χ4n) is 3.38. The number of hydrogen-bond donors (Lipinski definition) is 1. The van der Waals surface area contributed by atoms with Gasteiger partial charge in [-0.05, 0) is 50.1 Å². The second kappa shape index (κ2) is 8.83. The van der Waals surface area contributed by atoms with Crippen molar-refractivity contribution in [3.8, 4) is 5.69 Å². The number of nitrogens with zero attached hydrogens (tertiary/aromatic N) is 3. The molecule has 0 unspecified atom stereocenters. The highest BCUT2D eigenvalue weighted by molar-refractivity contribution is 7.20. The third kappa shape index (κ3) is 4.33. The van der Waals surface area contributed by atoms with E-state index in [9.17, 15) is 19.7 Å². The van der Waals surface area contributed by atoms with Gasteiger partial charge >= 0.3 is 5.97 Å². The van der Waals surface area contributed by atoms with Crippen LogP contribution < -0.4 is 5.32 Å². The molecule has 1 N–H and O–H groups in total. The molecular formula is C23H20N4O5S. The minimum absolute atomic E-state index is 0.0986. The lowest BCUT2D eigenvalue weighted by molar-refractivity contribution is -0.384. The summed E-state index contributed by atoms with van der Waals surface area (Å²) in [5.41, 5.74) is 2.89. The van der Waals surface area contributed by atoms with E-state index >= 15 is 0 Å². The monoisotopic (exact) mass is 464 g/mol. The molecule has 10 heteroatoms. The van der Waals surface area contributed by atoms with Crippen LogP contribution in [0.15, 0.2) is 48.5 Å². The molecule has 1 amide bonds. The summed E-state index contributed by atoms with van der Waals surface area (Å²) in [6.45, 7) is 4.75. The molecule has 2 aromatic carbocycles. The molecule has 0 fully saturated rings. The molecule has 0 aliphatic carbocycles. The van der Waals surface area contributed by atoms with Crippen LogP contribution in [0.1, 0.15) is 26.5 Å². The predicted molar refractivity (Wildman–Crippen MR) is 125 cm³/mol. The Bertz CT molecular complexity index is 1390. The quantitative estimate of drug-likeness (QED) is 0.251. The summed E-state index contributed by atoms with van der Waals surface area (Å²) in [4.78, 5) is 36.8. The van der Waals surface area contributed by atoms with Crippen molar-refractivity contribution in [2.45, 2.75) is 20.8 Å². The number of rotatable bonds is 6. The van der Waals surface area contributed by atoms with E-state index in [1.165, 1.54) is 17.4 Å². The molecule has 0 aliphatic heterocycles. The van der Waals surface area contributed by atoms with Gasteiger partial charge in [-0.2, -0.15) is 5.10 Å². The number of fused-ring (bicyclic) bond motifs is 1. The zero-order chi connectivity index (χ0) is 23.7. The average Bonchev–Trinajstić information content (AvgIpc) is 3.36. The summed E-state index contributed by atoms with van der Waals surface area (Å²) >= 11 is 1.22. The molecule has 4 rings (SSSR count). The number of nitro groups is 1. The summed E-state index contributed by atoms with van der Waals surface area (Å²) in [5.74, 6) is -1.31. The number of benzene rings is 2. The number of thiophene rings is 1. The number of nitro benzene ring substituents is 1. The standard InChI is InChI=1S/C23H20N4O5S/c1-13-9-10-18(27(30)31)21(14(13)2)24-20(28)12-32-23(29)19-11-17-15(3)25-26(22(17)33-19)16-7-5-4-6-8-16/h4-11H,12H2,1-3H3,(H,24,28). The second-order valence-corrected chi connectivity index (χ2v) is 8.48. The fraction of sp³-hybridized carbons (Fsp3) is 0.174. The molecule has 168 valence electrons. The van der Waals surface area contributed by atoms with Crippen LogP contribution in [0.4, 0.5) is 11.4 Å². The van der Waals surface area contributed by atoms with Crippen molar-refractivity contribution in [3.63, 3.8) is 0 Å². The molecule has 0 spiro atoms. The summed E-state index contributed by atoms with van der Waals surface area (Å²) in [7, 11) is 0. The van der Waals surface area contributed by atoms with Gasteiger partial charge in [0.25, 0.3) is 11.6 Å². The summed E-state index contributed by atoms with van der Waals surface area (Å²) in [6, 6.07) is 14.2. The summed E-state index contributed by atoms with van der Waals surface area (Å²) < 4.78 is 6.94.